The summed E-state index contributed by atoms with van der Waals surface area (Å²) in [5.74, 6) is 1.26. The van der Waals surface area contributed by atoms with Crippen molar-refractivity contribution in [1.29, 1.82) is 0 Å². The summed E-state index contributed by atoms with van der Waals surface area (Å²) in [7, 11) is -1.39. The molecule has 0 amide bonds. The predicted molar refractivity (Wildman–Crippen MR) is 86.0 cm³/mol. The number of nitrogens with one attached hydrogen (secondary N) is 1. The van der Waals surface area contributed by atoms with Gasteiger partial charge < -0.3 is 10.1 Å². The first-order chi connectivity index (χ1) is 11.0. The van der Waals surface area contributed by atoms with Gasteiger partial charge in [-0.3, -0.25) is 0 Å². The van der Waals surface area contributed by atoms with Gasteiger partial charge in [0.05, 0.1) is 17.6 Å². The highest BCUT2D eigenvalue weighted by atomic mass is 32.2. The van der Waals surface area contributed by atoms with Crippen molar-refractivity contribution in [2.75, 3.05) is 18.7 Å². The molecular formula is C14H21N5O3S. The van der Waals surface area contributed by atoms with Crippen LogP contribution in [0.3, 0.4) is 0 Å². The number of aromatic nitrogens is 4. The second-order valence-electron chi connectivity index (χ2n) is 6.00. The quantitative estimate of drug-likeness (QED) is 0.869. The number of hydrogen-bond donors (Lipinski definition) is 1. The molecule has 0 saturated heterocycles. The van der Waals surface area contributed by atoms with E-state index < -0.39 is 9.84 Å². The van der Waals surface area contributed by atoms with Gasteiger partial charge in [-0.2, -0.15) is 14.6 Å². The zero-order valence-corrected chi connectivity index (χ0v) is 14.1. The van der Waals surface area contributed by atoms with E-state index in [4.69, 9.17) is 4.74 Å². The highest BCUT2D eigenvalue weighted by molar-refractivity contribution is 7.91. The van der Waals surface area contributed by atoms with Crippen LogP contribution in [0.1, 0.15) is 31.4 Å². The van der Waals surface area contributed by atoms with E-state index in [2.05, 4.69) is 20.4 Å². The Morgan fingerprint density at radius 1 is 1.43 bits per heavy atom. The molecule has 0 bridgehead atoms. The molecule has 8 nitrogen and oxygen atoms in total. The van der Waals surface area contributed by atoms with Crippen molar-refractivity contribution in [2.45, 2.75) is 43.6 Å². The van der Waals surface area contributed by atoms with E-state index in [9.17, 15) is 8.42 Å². The van der Waals surface area contributed by atoms with Crippen molar-refractivity contribution >= 4 is 21.4 Å². The van der Waals surface area contributed by atoms with Gasteiger partial charge in [-0.15, -0.1) is 0 Å². The van der Waals surface area contributed by atoms with Crippen LogP contribution < -0.4 is 5.32 Å². The number of rotatable bonds is 5. The second kappa shape index (κ2) is 6.40. The van der Waals surface area contributed by atoms with Crippen LogP contribution in [0.2, 0.25) is 0 Å². The van der Waals surface area contributed by atoms with Crippen molar-refractivity contribution in [3.63, 3.8) is 0 Å². The highest BCUT2D eigenvalue weighted by Crippen LogP contribution is 2.26. The molecule has 0 aliphatic heterocycles. The molecule has 23 heavy (non-hydrogen) atoms. The average Bonchev–Trinajstić information content (AvgIpc) is 2.96. The number of ether oxygens (including phenoxy) is 1. The third-order valence-electron chi connectivity index (χ3n) is 4.18. The molecule has 3 rings (SSSR count). The van der Waals surface area contributed by atoms with Crippen molar-refractivity contribution < 1.29 is 13.2 Å². The third kappa shape index (κ3) is 3.61. The van der Waals surface area contributed by atoms with Crippen LogP contribution in [0, 0.1) is 0 Å². The number of nitrogens with zero attached hydrogens (tertiary/aromatic N) is 4. The summed E-state index contributed by atoms with van der Waals surface area (Å²) >= 11 is 0. The van der Waals surface area contributed by atoms with Crippen LogP contribution in [0.5, 0.6) is 0 Å². The van der Waals surface area contributed by atoms with Crippen LogP contribution in [0.4, 0.5) is 5.82 Å². The Morgan fingerprint density at radius 3 is 3.00 bits per heavy atom. The van der Waals surface area contributed by atoms with Gasteiger partial charge in [0.2, 0.25) is 0 Å². The van der Waals surface area contributed by atoms with E-state index in [1.165, 1.54) is 12.6 Å². The largest absolute Gasteiger partial charge is 0.378 e. The van der Waals surface area contributed by atoms with Crippen molar-refractivity contribution in [3.05, 3.63) is 18.1 Å². The minimum absolute atomic E-state index is 0.0914. The van der Waals surface area contributed by atoms with Crippen LogP contribution >= 0.6 is 0 Å². The average molecular weight is 339 g/mol. The zero-order valence-electron chi connectivity index (χ0n) is 13.3. The molecule has 1 aliphatic carbocycles. The molecule has 0 radical (unpaired) electrons. The van der Waals surface area contributed by atoms with Crippen LogP contribution in [0.25, 0.3) is 5.78 Å². The van der Waals surface area contributed by atoms with E-state index >= 15 is 0 Å². The lowest BCUT2D eigenvalue weighted by molar-refractivity contribution is 0.181. The lowest BCUT2D eigenvalue weighted by atomic mass is 9.95. The van der Waals surface area contributed by atoms with E-state index in [1.54, 1.807) is 11.6 Å². The summed E-state index contributed by atoms with van der Waals surface area (Å²) in [5, 5.41) is 7.31. The molecule has 1 saturated carbocycles. The molecular weight excluding hydrogens is 318 g/mol. The molecule has 2 aromatic rings. The van der Waals surface area contributed by atoms with Crippen LogP contribution in [0.15, 0.2) is 12.4 Å². The highest BCUT2D eigenvalue weighted by Gasteiger charge is 2.29. The lowest BCUT2D eigenvalue weighted by Gasteiger charge is -2.29. The van der Waals surface area contributed by atoms with Crippen molar-refractivity contribution in [2.24, 2.45) is 0 Å². The van der Waals surface area contributed by atoms with Gasteiger partial charge in [-0.05, 0) is 19.3 Å². The van der Waals surface area contributed by atoms with Gasteiger partial charge in [0, 0.05) is 25.5 Å². The van der Waals surface area contributed by atoms with Gasteiger partial charge in [0.15, 0.2) is 0 Å². The molecule has 0 spiro atoms. The maximum Gasteiger partial charge on any atom is 0.254 e. The molecule has 1 fully saturated rings. The summed E-state index contributed by atoms with van der Waals surface area (Å²) < 4.78 is 30.4. The molecule has 2 atom stereocenters. The van der Waals surface area contributed by atoms with Gasteiger partial charge in [-0.1, -0.05) is 6.42 Å². The molecule has 0 aromatic carbocycles. The fraction of sp³-hybridized carbons (Fsp3) is 0.643. The first-order valence-corrected chi connectivity index (χ1v) is 9.57. The maximum absolute atomic E-state index is 11.8. The zero-order chi connectivity index (χ0) is 16.4. The molecule has 2 unspecified atom stereocenters. The Morgan fingerprint density at radius 2 is 2.26 bits per heavy atom. The maximum atomic E-state index is 11.8. The topological polar surface area (TPSA) is 98.5 Å². The summed E-state index contributed by atoms with van der Waals surface area (Å²) in [5.41, 5.74) is 0.756. The molecule has 2 aromatic heterocycles. The summed E-state index contributed by atoms with van der Waals surface area (Å²) in [6, 6.07) is 1.96. The van der Waals surface area contributed by atoms with Crippen LogP contribution in [-0.4, -0.2) is 52.7 Å². The standard InChI is InChI=1S/C14H21N5O3S/c1-22-8-11-7-13(19-14(18-11)15-9-16-19)17-10-4-3-5-12(6-10)23(2,20)21/h7,9-10,12,17H,3-6,8H2,1-2H3. The Kier molecular flexibility index (Phi) is 4.49. The Hall–Kier alpha value is -1.74. The first-order valence-electron chi connectivity index (χ1n) is 7.61. The fourth-order valence-electron chi connectivity index (χ4n) is 3.06. The van der Waals surface area contributed by atoms with E-state index in [0.29, 0.717) is 18.8 Å². The second-order valence-corrected chi connectivity index (χ2v) is 8.32. The molecule has 126 valence electrons. The third-order valence-corrected chi connectivity index (χ3v) is 5.82. The molecule has 1 N–H and O–H groups in total. The Bertz CT molecular complexity index is 789. The van der Waals surface area contributed by atoms with E-state index in [1.807, 2.05) is 6.07 Å². The van der Waals surface area contributed by atoms with Gasteiger partial charge in [0.1, 0.15) is 22.0 Å². The monoisotopic (exact) mass is 339 g/mol. The minimum Gasteiger partial charge on any atom is -0.378 e. The summed E-state index contributed by atoms with van der Waals surface area (Å²) in [6.45, 7) is 0.384. The molecule has 2 heterocycles. The summed E-state index contributed by atoms with van der Waals surface area (Å²) in [6.07, 6.45) is 5.94. The predicted octanol–water partition coefficient (Wildman–Crippen LogP) is 1.04. The number of anilines is 1. The fourth-order valence-corrected chi connectivity index (χ4v) is 4.24. The number of hydrogen-bond acceptors (Lipinski definition) is 7. The van der Waals surface area contributed by atoms with E-state index in [-0.39, 0.29) is 11.3 Å². The number of methoxy groups -OCH3 is 1. The minimum atomic E-state index is -3.01. The van der Waals surface area contributed by atoms with Gasteiger partial charge >= 0.3 is 0 Å². The Labute approximate surface area is 135 Å². The van der Waals surface area contributed by atoms with Gasteiger partial charge in [-0.25, -0.2) is 13.4 Å². The van der Waals surface area contributed by atoms with Gasteiger partial charge in [0.25, 0.3) is 5.78 Å². The number of sulfone groups is 1. The SMILES string of the molecule is COCc1cc(NC2CCCC(S(C)(=O)=O)C2)n2ncnc2n1. The van der Waals surface area contributed by atoms with Crippen molar-refractivity contribution in [3.8, 4) is 0 Å². The lowest BCUT2D eigenvalue weighted by Crippen LogP contribution is -2.34. The van der Waals surface area contributed by atoms with E-state index in [0.717, 1.165) is 30.8 Å². The number of fused-ring (bicyclic) bond motifs is 1. The smallest absolute Gasteiger partial charge is 0.254 e. The molecule has 9 heteroatoms. The van der Waals surface area contributed by atoms with Crippen molar-refractivity contribution in [1.82, 2.24) is 19.6 Å². The van der Waals surface area contributed by atoms with Crippen LogP contribution in [-0.2, 0) is 21.2 Å². The Balaban J connectivity index is 1.84. The summed E-state index contributed by atoms with van der Waals surface area (Å²) in [4.78, 5) is 8.48. The normalized spacial score (nSPS) is 22.3. The first kappa shape index (κ1) is 16.1. The molecule has 1 aliphatic rings.